The standard InChI is InChI=1S/C14H19N3O2/c1-4-17-12(13(15)16-14(17)18)10-6-5-7-11(8-10)19-9(2)3/h5-9,12H,4H2,1-3H3,(H2,15,16,18). The average molecular weight is 261 g/mol. The maximum absolute atomic E-state index is 11.7. The molecule has 1 unspecified atom stereocenters. The summed E-state index contributed by atoms with van der Waals surface area (Å²) < 4.78 is 5.65. The number of hydrogen-bond acceptors (Lipinski definition) is 3. The molecule has 1 aliphatic heterocycles. The monoisotopic (exact) mass is 261 g/mol. The minimum Gasteiger partial charge on any atom is -0.491 e. The van der Waals surface area contributed by atoms with Crippen LogP contribution in [0.5, 0.6) is 5.75 Å². The summed E-state index contributed by atoms with van der Waals surface area (Å²) in [6.45, 7) is 6.40. The molecule has 2 amide bonds. The Labute approximate surface area is 113 Å². The molecule has 5 heteroatoms. The van der Waals surface area contributed by atoms with E-state index < -0.39 is 0 Å². The van der Waals surface area contributed by atoms with E-state index in [1.165, 1.54) is 0 Å². The van der Waals surface area contributed by atoms with E-state index in [2.05, 4.69) is 5.32 Å². The van der Waals surface area contributed by atoms with Gasteiger partial charge in [0, 0.05) is 6.54 Å². The summed E-state index contributed by atoms with van der Waals surface area (Å²) in [5.41, 5.74) is 0.892. The number of amidine groups is 1. The molecule has 19 heavy (non-hydrogen) atoms. The summed E-state index contributed by atoms with van der Waals surface area (Å²) in [5.74, 6) is 0.976. The second-order valence-corrected chi connectivity index (χ2v) is 4.77. The molecule has 1 heterocycles. The van der Waals surface area contributed by atoms with Crippen molar-refractivity contribution >= 4 is 11.9 Å². The highest BCUT2D eigenvalue weighted by atomic mass is 16.5. The molecule has 1 aliphatic rings. The van der Waals surface area contributed by atoms with E-state index in [1.54, 1.807) is 4.90 Å². The molecule has 5 nitrogen and oxygen atoms in total. The number of carbonyl (C=O) groups excluding carboxylic acids is 1. The van der Waals surface area contributed by atoms with Gasteiger partial charge in [0.05, 0.1) is 6.10 Å². The molecule has 0 bridgehead atoms. The van der Waals surface area contributed by atoms with Crippen LogP contribution in [0, 0.1) is 5.41 Å². The first kappa shape index (κ1) is 13.4. The molecular formula is C14H19N3O2. The number of nitrogens with one attached hydrogen (secondary N) is 2. The molecule has 1 aromatic rings. The average Bonchev–Trinajstić information content (AvgIpc) is 2.62. The molecule has 0 aliphatic carbocycles. The first-order chi connectivity index (χ1) is 9.02. The SMILES string of the molecule is CCN1C(=O)NC(=N)C1c1cccc(OC(C)C)c1. The van der Waals surface area contributed by atoms with Gasteiger partial charge in [0.2, 0.25) is 0 Å². The second-order valence-electron chi connectivity index (χ2n) is 4.77. The Morgan fingerprint density at radius 2 is 2.21 bits per heavy atom. The van der Waals surface area contributed by atoms with Crippen LogP contribution >= 0.6 is 0 Å². The molecule has 2 N–H and O–H groups in total. The quantitative estimate of drug-likeness (QED) is 0.874. The molecule has 1 aromatic carbocycles. The van der Waals surface area contributed by atoms with Crippen LogP contribution in [0.1, 0.15) is 32.4 Å². The van der Waals surface area contributed by atoms with Gasteiger partial charge in [-0.15, -0.1) is 0 Å². The Morgan fingerprint density at radius 3 is 2.84 bits per heavy atom. The number of amides is 2. The summed E-state index contributed by atoms with van der Waals surface area (Å²) >= 11 is 0. The lowest BCUT2D eigenvalue weighted by atomic mass is 10.1. The zero-order chi connectivity index (χ0) is 14.0. The maximum atomic E-state index is 11.7. The van der Waals surface area contributed by atoms with Gasteiger partial charge in [0.25, 0.3) is 0 Å². The lowest BCUT2D eigenvalue weighted by molar-refractivity contribution is 0.208. The van der Waals surface area contributed by atoms with E-state index in [0.717, 1.165) is 11.3 Å². The van der Waals surface area contributed by atoms with E-state index in [1.807, 2.05) is 45.0 Å². The van der Waals surface area contributed by atoms with Crippen molar-refractivity contribution in [2.75, 3.05) is 6.54 Å². The van der Waals surface area contributed by atoms with Crippen LogP contribution in [-0.4, -0.2) is 29.4 Å². The molecule has 102 valence electrons. The van der Waals surface area contributed by atoms with Gasteiger partial charge in [-0.1, -0.05) is 12.1 Å². The van der Waals surface area contributed by atoms with Crippen LogP contribution in [0.25, 0.3) is 0 Å². The van der Waals surface area contributed by atoms with Gasteiger partial charge >= 0.3 is 6.03 Å². The topological polar surface area (TPSA) is 65.4 Å². The van der Waals surface area contributed by atoms with Gasteiger partial charge in [-0.05, 0) is 38.5 Å². The predicted molar refractivity (Wildman–Crippen MR) is 73.6 cm³/mol. The molecule has 1 saturated heterocycles. The highest BCUT2D eigenvalue weighted by Crippen LogP contribution is 2.28. The highest BCUT2D eigenvalue weighted by molar-refractivity contribution is 6.06. The van der Waals surface area contributed by atoms with Gasteiger partial charge in [-0.3, -0.25) is 10.7 Å². The van der Waals surface area contributed by atoms with Gasteiger partial charge in [-0.2, -0.15) is 0 Å². The first-order valence-corrected chi connectivity index (χ1v) is 6.45. The zero-order valence-corrected chi connectivity index (χ0v) is 11.4. The van der Waals surface area contributed by atoms with Crippen LogP contribution in [0.3, 0.4) is 0 Å². The van der Waals surface area contributed by atoms with Crippen molar-refractivity contribution in [2.45, 2.75) is 32.9 Å². The number of nitrogens with zero attached hydrogens (tertiary/aromatic N) is 1. The summed E-state index contributed by atoms with van der Waals surface area (Å²) in [4.78, 5) is 13.3. The third-order valence-corrected chi connectivity index (χ3v) is 2.97. The van der Waals surface area contributed by atoms with Crippen molar-refractivity contribution in [3.8, 4) is 5.75 Å². The molecule has 2 rings (SSSR count). The van der Waals surface area contributed by atoms with Gasteiger partial charge in [0.1, 0.15) is 17.6 Å². The summed E-state index contributed by atoms with van der Waals surface area (Å²) in [5, 5.41) is 10.5. The Kier molecular flexibility index (Phi) is 3.74. The van der Waals surface area contributed by atoms with E-state index in [4.69, 9.17) is 10.1 Å². The summed E-state index contributed by atoms with van der Waals surface area (Å²) in [7, 11) is 0. The number of carbonyl (C=O) groups is 1. The van der Waals surface area contributed by atoms with E-state index in [0.29, 0.717) is 6.54 Å². The number of benzene rings is 1. The van der Waals surface area contributed by atoms with Crippen molar-refractivity contribution in [1.82, 2.24) is 10.2 Å². The fourth-order valence-corrected chi connectivity index (χ4v) is 2.23. The lowest BCUT2D eigenvalue weighted by Gasteiger charge is -2.22. The first-order valence-electron chi connectivity index (χ1n) is 6.45. The molecule has 0 spiro atoms. The maximum Gasteiger partial charge on any atom is 0.323 e. The van der Waals surface area contributed by atoms with Crippen molar-refractivity contribution in [2.24, 2.45) is 0 Å². The molecule has 1 fully saturated rings. The predicted octanol–water partition coefficient (Wildman–Crippen LogP) is 2.54. The van der Waals surface area contributed by atoms with Crippen molar-refractivity contribution in [3.05, 3.63) is 29.8 Å². The number of ether oxygens (including phenoxy) is 1. The molecule has 0 saturated carbocycles. The smallest absolute Gasteiger partial charge is 0.323 e. The fourth-order valence-electron chi connectivity index (χ4n) is 2.23. The van der Waals surface area contributed by atoms with Crippen LogP contribution in [-0.2, 0) is 0 Å². The molecule has 0 aromatic heterocycles. The van der Waals surface area contributed by atoms with Crippen molar-refractivity contribution in [3.63, 3.8) is 0 Å². The van der Waals surface area contributed by atoms with Crippen molar-refractivity contribution in [1.29, 1.82) is 5.41 Å². The molecule has 1 atom stereocenters. The van der Waals surface area contributed by atoms with Crippen LogP contribution in [0.15, 0.2) is 24.3 Å². The number of likely N-dealkylation sites (N-methyl/N-ethyl adjacent to an activating group) is 1. The van der Waals surface area contributed by atoms with Gasteiger partial charge < -0.3 is 9.64 Å². The normalized spacial score (nSPS) is 18.9. The Balaban J connectivity index is 2.30. The lowest BCUT2D eigenvalue weighted by Crippen LogP contribution is -2.29. The largest absolute Gasteiger partial charge is 0.491 e. The summed E-state index contributed by atoms with van der Waals surface area (Å²) in [6.07, 6.45) is 0.0975. The minimum atomic E-state index is -0.340. The van der Waals surface area contributed by atoms with Gasteiger partial charge in [0.15, 0.2) is 0 Å². The van der Waals surface area contributed by atoms with Crippen LogP contribution in [0.4, 0.5) is 4.79 Å². The number of hydrogen-bond donors (Lipinski definition) is 2. The number of rotatable bonds is 4. The third kappa shape index (κ3) is 2.70. The van der Waals surface area contributed by atoms with Crippen LogP contribution < -0.4 is 10.1 Å². The fraction of sp³-hybridized carbons (Fsp3) is 0.429. The molecule has 0 radical (unpaired) electrons. The second kappa shape index (κ2) is 5.30. The Bertz CT molecular complexity index is 499. The number of urea groups is 1. The summed E-state index contributed by atoms with van der Waals surface area (Å²) in [6, 6.07) is 7.02. The minimum absolute atomic E-state index is 0.0975. The zero-order valence-electron chi connectivity index (χ0n) is 11.4. The molecular weight excluding hydrogens is 242 g/mol. The third-order valence-electron chi connectivity index (χ3n) is 2.97. The van der Waals surface area contributed by atoms with Crippen molar-refractivity contribution < 1.29 is 9.53 Å². The Morgan fingerprint density at radius 1 is 1.47 bits per heavy atom. The highest BCUT2D eigenvalue weighted by Gasteiger charge is 2.35. The van der Waals surface area contributed by atoms with E-state index >= 15 is 0 Å². The van der Waals surface area contributed by atoms with Gasteiger partial charge in [-0.25, -0.2) is 4.79 Å². The van der Waals surface area contributed by atoms with Crippen LogP contribution in [0.2, 0.25) is 0 Å². The van der Waals surface area contributed by atoms with E-state index in [-0.39, 0.29) is 24.0 Å². The van der Waals surface area contributed by atoms with E-state index in [9.17, 15) is 4.79 Å². The Hall–Kier alpha value is -2.04.